The lowest BCUT2D eigenvalue weighted by atomic mass is 9.94. The molecule has 0 radical (unpaired) electrons. The summed E-state index contributed by atoms with van der Waals surface area (Å²) in [5.74, 6) is 0. The standard InChI is InChI=1S/C54H36N2S/c1-4-17-37(18-5-1)39-31-33-49(45(35-39)38-19-6-2-7-20-38)56(47-26-13-10-23-42(47)40-32-34-53-46(36-40)43-24-12-15-30-52(43)57-53)51-29-16-28-50-54(51)44-25-11-14-27-48(44)55(50)41-21-8-3-9-22-41/h1-36H. The van der Waals surface area contributed by atoms with Crippen LogP contribution in [0, 0.1) is 0 Å². The molecule has 0 spiro atoms. The van der Waals surface area contributed by atoms with E-state index in [1.165, 1.54) is 58.7 Å². The molecule has 2 nitrogen and oxygen atoms in total. The van der Waals surface area contributed by atoms with E-state index in [9.17, 15) is 0 Å². The SMILES string of the molecule is c1ccc(-c2ccc(N(c3ccccc3-c3ccc4sc5ccccc5c4c3)c3cccc4c3c3ccccc3n4-c3ccccc3)c(-c3ccccc3)c2)cc1. The number of rotatable bonds is 7. The molecule has 0 amide bonds. The number of fused-ring (bicyclic) bond motifs is 6. The highest BCUT2D eigenvalue weighted by molar-refractivity contribution is 7.25. The van der Waals surface area contributed by atoms with E-state index in [0.29, 0.717) is 0 Å². The molecule has 57 heavy (non-hydrogen) atoms. The lowest BCUT2D eigenvalue weighted by molar-refractivity contribution is 1.18. The van der Waals surface area contributed by atoms with E-state index in [0.717, 1.165) is 39.4 Å². The molecular formula is C54H36N2S. The van der Waals surface area contributed by atoms with Gasteiger partial charge >= 0.3 is 0 Å². The second-order valence-electron chi connectivity index (χ2n) is 14.5. The van der Waals surface area contributed by atoms with Gasteiger partial charge in [0.2, 0.25) is 0 Å². The van der Waals surface area contributed by atoms with Crippen molar-refractivity contribution in [3.8, 4) is 39.1 Å². The number of para-hydroxylation sites is 3. The summed E-state index contributed by atoms with van der Waals surface area (Å²) in [6.07, 6.45) is 0. The average molecular weight is 745 g/mol. The average Bonchev–Trinajstić information content (AvgIpc) is 3.83. The number of hydrogen-bond donors (Lipinski definition) is 0. The van der Waals surface area contributed by atoms with Crippen LogP contribution in [-0.2, 0) is 0 Å². The summed E-state index contributed by atoms with van der Waals surface area (Å²) in [6.45, 7) is 0. The molecule has 0 bridgehead atoms. The van der Waals surface area contributed by atoms with Crippen LogP contribution >= 0.6 is 11.3 Å². The minimum Gasteiger partial charge on any atom is -0.309 e. The maximum atomic E-state index is 2.52. The van der Waals surface area contributed by atoms with Crippen LogP contribution in [0.4, 0.5) is 17.1 Å². The van der Waals surface area contributed by atoms with Crippen molar-refractivity contribution in [2.45, 2.75) is 0 Å². The zero-order valence-corrected chi connectivity index (χ0v) is 31.9. The van der Waals surface area contributed by atoms with Crippen molar-refractivity contribution in [1.29, 1.82) is 0 Å². The van der Waals surface area contributed by atoms with Crippen molar-refractivity contribution in [1.82, 2.24) is 4.57 Å². The molecule has 0 saturated carbocycles. The summed E-state index contributed by atoms with van der Waals surface area (Å²) in [5, 5.41) is 5.01. The van der Waals surface area contributed by atoms with Gasteiger partial charge in [0.1, 0.15) is 0 Å². The van der Waals surface area contributed by atoms with Gasteiger partial charge in [-0.25, -0.2) is 0 Å². The van der Waals surface area contributed by atoms with Crippen LogP contribution in [0.1, 0.15) is 0 Å². The van der Waals surface area contributed by atoms with Gasteiger partial charge in [0.05, 0.1) is 28.1 Å². The van der Waals surface area contributed by atoms with E-state index in [2.05, 4.69) is 228 Å². The third kappa shape index (κ3) is 5.63. The topological polar surface area (TPSA) is 8.17 Å². The highest BCUT2D eigenvalue weighted by Gasteiger charge is 2.25. The summed E-state index contributed by atoms with van der Waals surface area (Å²) in [4.78, 5) is 2.52. The molecule has 0 saturated heterocycles. The molecule has 0 aliphatic rings. The Morgan fingerprint density at radius 2 is 0.930 bits per heavy atom. The maximum absolute atomic E-state index is 2.52. The predicted molar refractivity (Wildman–Crippen MR) is 245 cm³/mol. The second kappa shape index (κ2) is 13.8. The normalized spacial score (nSPS) is 11.5. The largest absolute Gasteiger partial charge is 0.309 e. The number of hydrogen-bond acceptors (Lipinski definition) is 2. The van der Waals surface area contributed by atoms with Crippen molar-refractivity contribution in [2.24, 2.45) is 0 Å². The van der Waals surface area contributed by atoms with Crippen molar-refractivity contribution in [3.63, 3.8) is 0 Å². The monoisotopic (exact) mass is 744 g/mol. The Hall–Kier alpha value is -7.20. The Labute approximate surface area is 335 Å². The van der Waals surface area contributed by atoms with E-state index in [4.69, 9.17) is 0 Å². The van der Waals surface area contributed by atoms with Crippen LogP contribution in [0.5, 0.6) is 0 Å². The summed E-state index contributed by atoms with van der Waals surface area (Å²) in [6, 6.07) is 79.5. The van der Waals surface area contributed by atoms with E-state index in [-0.39, 0.29) is 0 Å². The second-order valence-corrected chi connectivity index (χ2v) is 15.6. The lowest BCUT2D eigenvalue weighted by Crippen LogP contribution is -2.13. The summed E-state index contributed by atoms with van der Waals surface area (Å²) in [5.41, 5.74) is 13.9. The van der Waals surface area contributed by atoms with Crippen molar-refractivity contribution in [2.75, 3.05) is 4.90 Å². The van der Waals surface area contributed by atoms with Gasteiger partial charge in [0, 0.05) is 47.8 Å². The van der Waals surface area contributed by atoms with Gasteiger partial charge in [-0.3, -0.25) is 0 Å². The van der Waals surface area contributed by atoms with Gasteiger partial charge < -0.3 is 9.47 Å². The molecule has 11 aromatic rings. The van der Waals surface area contributed by atoms with Crippen LogP contribution in [0.3, 0.4) is 0 Å². The minimum atomic E-state index is 1.11. The Morgan fingerprint density at radius 3 is 1.75 bits per heavy atom. The van der Waals surface area contributed by atoms with Gasteiger partial charge in [-0.05, 0) is 89.0 Å². The van der Waals surface area contributed by atoms with Crippen LogP contribution in [0.25, 0.3) is 81.0 Å². The van der Waals surface area contributed by atoms with Gasteiger partial charge in [-0.15, -0.1) is 11.3 Å². The van der Waals surface area contributed by atoms with E-state index in [1.54, 1.807) is 0 Å². The number of benzene rings is 9. The van der Waals surface area contributed by atoms with E-state index >= 15 is 0 Å². The fourth-order valence-electron chi connectivity index (χ4n) is 8.63. The Morgan fingerprint density at radius 1 is 0.333 bits per heavy atom. The molecule has 0 atom stereocenters. The third-order valence-corrected chi connectivity index (χ3v) is 12.3. The molecule has 0 N–H and O–H groups in total. The summed E-state index contributed by atoms with van der Waals surface area (Å²) < 4.78 is 5.02. The Bertz CT molecular complexity index is 3230. The molecule has 0 aliphatic heterocycles. The van der Waals surface area contributed by atoms with Gasteiger partial charge in [0.25, 0.3) is 0 Å². The summed E-state index contributed by atoms with van der Waals surface area (Å²) >= 11 is 1.86. The first-order valence-electron chi connectivity index (χ1n) is 19.4. The van der Waals surface area contributed by atoms with E-state index in [1.807, 2.05) is 11.3 Å². The molecule has 2 heterocycles. The number of nitrogens with zero attached hydrogens (tertiary/aromatic N) is 2. The smallest absolute Gasteiger partial charge is 0.0562 e. The lowest BCUT2D eigenvalue weighted by Gasteiger charge is -2.31. The van der Waals surface area contributed by atoms with Crippen molar-refractivity contribution in [3.05, 3.63) is 218 Å². The number of aromatic nitrogens is 1. The van der Waals surface area contributed by atoms with E-state index < -0.39 is 0 Å². The minimum absolute atomic E-state index is 1.11. The van der Waals surface area contributed by atoms with Crippen LogP contribution in [-0.4, -0.2) is 4.57 Å². The molecule has 2 aromatic heterocycles. The summed E-state index contributed by atoms with van der Waals surface area (Å²) in [7, 11) is 0. The number of thiophene rings is 1. The maximum Gasteiger partial charge on any atom is 0.0562 e. The molecule has 3 heteroatoms. The molecule has 0 fully saturated rings. The zero-order chi connectivity index (χ0) is 37.7. The van der Waals surface area contributed by atoms with Crippen LogP contribution in [0.2, 0.25) is 0 Å². The van der Waals surface area contributed by atoms with Crippen molar-refractivity contribution < 1.29 is 0 Å². The fourth-order valence-corrected chi connectivity index (χ4v) is 9.71. The molecule has 9 aromatic carbocycles. The predicted octanol–water partition coefficient (Wildman–Crippen LogP) is 15.6. The van der Waals surface area contributed by atoms with Crippen LogP contribution < -0.4 is 4.90 Å². The Kier molecular flexibility index (Phi) is 8.04. The fraction of sp³-hybridized carbons (Fsp3) is 0. The number of anilines is 3. The molecular weight excluding hydrogens is 709 g/mol. The quantitative estimate of drug-likeness (QED) is 0.158. The highest BCUT2D eigenvalue weighted by atomic mass is 32.1. The third-order valence-electron chi connectivity index (χ3n) is 11.2. The van der Waals surface area contributed by atoms with Gasteiger partial charge in [-0.1, -0.05) is 152 Å². The first-order valence-corrected chi connectivity index (χ1v) is 20.3. The molecule has 0 aliphatic carbocycles. The zero-order valence-electron chi connectivity index (χ0n) is 31.1. The highest BCUT2D eigenvalue weighted by Crippen LogP contribution is 2.50. The van der Waals surface area contributed by atoms with Gasteiger partial charge in [0.15, 0.2) is 0 Å². The van der Waals surface area contributed by atoms with Gasteiger partial charge in [-0.2, -0.15) is 0 Å². The van der Waals surface area contributed by atoms with Crippen molar-refractivity contribution >= 4 is 70.4 Å². The molecule has 0 unspecified atom stereocenters. The van der Waals surface area contributed by atoms with Crippen LogP contribution in [0.15, 0.2) is 218 Å². The Balaban J connectivity index is 1.24. The molecule has 268 valence electrons. The first kappa shape index (κ1) is 33.2. The molecule has 11 rings (SSSR count). The first-order chi connectivity index (χ1) is 28.3.